The largest absolute Gasteiger partial charge is 0 e. The van der Waals surface area contributed by atoms with Crippen LogP contribution in [0.1, 0.15) is 7.43 Å². The Balaban J connectivity index is 0. The third-order valence-corrected chi connectivity index (χ3v) is 0. The first kappa shape index (κ1) is 50.4. The molecule has 0 fully saturated rings. The average Bonchev–Trinajstić information content (AvgIpc) is 0. The van der Waals surface area contributed by atoms with Crippen molar-refractivity contribution < 1.29 is 61.2 Å². The van der Waals surface area contributed by atoms with Gasteiger partial charge in [0.2, 0.25) is 0 Å². The number of hydrogen-bond donors (Lipinski definition) is 0. The standard InChI is InChI=1S/CH4.Ag.Cu.GeH4.Ti/h1H4;;;1H4;. The molecule has 0 spiro atoms. The van der Waals surface area contributed by atoms with Crippen LogP contribution in [0.3, 0.4) is 0 Å². The fourth-order valence-electron chi connectivity index (χ4n) is 0. The van der Waals surface area contributed by atoms with Gasteiger partial charge in [-0.05, 0) is 0 Å². The Morgan fingerprint density at radius 1 is 1.00 bits per heavy atom. The molecule has 0 N–H and O–H groups in total. The van der Waals surface area contributed by atoms with Crippen molar-refractivity contribution in [2.45, 2.75) is 7.43 Å². The summed E-state index contributed by atoms with van der Waals surface area (Å²) in [6, 6.07) is 0. The van der Waals surface area contributed by atoms with Crippen LogP contribution in [0.25, 0.3) is 0 Å². The molecule has 0 aliphatic rings. The van der Waals surface area contributed by atoms with Crippen molar-refractivity contribution in [3.8, 4) is 0 Å². The summed E-state index contributed by atoms with van der Waals surface area (Å²) in [7, 11) is 0. The molecule has 0 nitrogen and oxygen atoms in total. The van der Waals surface area contributed by atoms with E-state index in [0.717, 1.165) is 0 Å². The molecule has 2 radical (unpaired) electrons. The molecule has 0 aromatic carbocycles. The minimum Gasteiger partial charge on any atom is 0 e. The first-order valence-electron chi connectivity index (χ1n) is 0. The fourth-order valence-corrected chi connectivity index (χ4v) is 0. The Labute approximate surface area is 85.1 Å². The first-order chi connectivity index (χ1) is 0. The van der Waals surface area contributed by atoms with Crippen molar-refractivity contribution in [1.29, 1.82) is 0 Å². The van der Waals surface area contributed by atoms with E-state index in [1.807, 2.05) is 0 Å². The maximum absolute atomic E-state index is 0. The summed E-state index contributed by atoms with van der Waals surface area (Å²) in [5.41, 5.74) is 0. The maximum atomic E-state index is 0. The molecule has 42 valence electrons. The Morgan fingerprint density at radius 3 is 1.00 bits per heavy atom. The summed E-state index contributed by atoms with van der Waals surface area (Å²) in [4.78, 5) is 0. The molecule has 0 aromatic heterocycles. The van der Waals surface area contributed by atoms with Crippen molar-refractivity contribution in [3.05, 3.63) is 0 Å². The van der Waals surface area contributed by atoms with Crippen LogP contribution in [0, 0.1) is 0 Å². The maximum Gasteiger partial charge on any atom is 0 e. The normalized spacial score (nSPS) is 0. The van der Waals surface area contributed by atoms with Crippen LogP contribution < -0.4 is 0 Å². The SMILES string of the molecule is C.[Ag].[Cu].[GeH4].[Ti]. The predicted octanol–water partition coefficient (Wildman–Crippen LogP) is -0.823. The average molecular weight is 312 g/mol. The van der Waals surface area contributed by atoms with Gasteiger partial charge in [-0.2, -0.15) is 0 Å². The predicted molar refractivity (Wildman–Crippen MR) is 18.1 cm³/mol. The van der Waals surface area contributed by atoms with Crippen LogP contribution in [0.5, 0.6) is 0 Å². The molecule has 0 saturated carbocycles. The number of hydrogen-bond acceptors (Lipinski definition) is 0. The molecule has 0 aliphatic heterocycles. The van der Waals surface area contributed by atoms with Gasteiger partial charge in [-0.15, -0.1) is 0 Å². The van der Waals surface area contributed by atoms with Crippen LogP contribution in [0.4, 0.5) is 0 Å². The summed E-state index contributed by atoms with van der Waals surface area (Å²) < 4.78 is 0. The Hall–Kier alpha value is 2.52. The third-order valence-electron chi connectivity index (χ3n) is 0. The topological polar surface area (TPSA) is 0 Å². The van der Waals surface area contributed by atoms with Crippen LogP contribution in [0.2, 0.25) is 0 Å². The molecule has 0 unspecified atom stereocenters. The summed E-state index contributed by atoms with van der Waals surface area (Å²) in [5.74, 6) is 0. The first-order valence-corrected chi connectivity index (χ1v) is 0. The van der Waals surface area contributed by atoms with Crippen molar-refractivity contribution in [2.75, 3.05) is 0 Å². The minimum atomic E-state index is 0. The molecule has 0 heterocycles. The molecule has 0 amide bonds. The summed E-state index contributed by atoms with van der Waals surface area (Å²) >= 11 is 0. The zero-order valence-corrected chi connectivity index (χ0v) is 5.09. The molecule has 0 aromatic rings. The molecule has 4 heteroatoms. The van der Waals surface area contributed by atoms with E-state index in [2.05, 4.69) is 0 Å². The molecule has 0 saturated heterocycles. The van der Waals surface area contributed by atoms with Gasteiger partial charge in [0.1, 0.15) is 0 Å². The van der Waals surface area contributed by atoms with Crippen LogP contribution in [0.15, 0.2) is 0 Å². The summed E-state index contributed by atoms with van der Waals surface area (Å²) in [5, 5.41) is 0. The fraction of sp³-hybridized carbons (Fsp3) is 1.00. The monoisotopic (exact) mass is 312 g/mol. The molecule has 5 heavy (non-hydrogen) atoms. The van der Waals surface area contributed by atoms with Gasteiger partial charge in [-0.1, -0.05) is 7.43 Å². The van der Waals surface area contributed by atoms with E-state index >= 15 is 0 Å². The second-order valence-electron chi connectivity index (χ2n) is 0. The van der Waals surface area contributed by atoms with Crippen LogP contribution in [-0.4, -0.2) is 17.6 Å². The van der Waals surface area contributed by atoms with Crippen molar-refractivity contribution in [3.63, 3.8) is 0 Å². The van der Waals surface area contributed by atoms with E-state index < -0.39 is 0 Å². The third kappa shape index (κ3) is 21.0. The van der Waals surface area contributed by atoms with Gasteiger partial charge in [0.05, 0.1) is 0 Å². The Morgan fingerprint density at radius 2 is 1.00 bits per heavy atom. The van der Waals surface area contributed by atoms with Crippen LogP contribution >= 0.6 is 0 Å². The van der Waals surface area contributed by atoms with Gasteiger partial charge in [0.25, 0.3) is 0 Å². The second-order valence-corrected chi connectivity index (χ2v) is 0. The Bertz CT molecular complexity index is 11.6. The molecule has 0 bridgehead atoms. The summed E-state index contributed by atoms with van der Waals surface area (Å²) in [6.07, 6.45) is 0. The van der Waals surface area contributed by atoms with Gasteiger partial charge in [-0.3, -0.25) is 0 Å². The van der Waals surface area contributed by atoms with Gasteiger partial charge in [0.15, 0.2) is 0 Å². The zero-order chi connectivity index (χ0) is 0. The van der Waals surface area contributed by atoms with Crippen molar-refractivity contribution >= 4 is 17.6 Å². The minimum absolute atomic E-state index is 0. The van der Waals surface area contributed by atoms with Gasteiger partial charge >= 0.3 is 17.6 Å². The quantitative estimate of drug-likeness (QED) is 0.513. The van der Waals surface area contributed by atoms with E-state index in [9.17, 15) is 0 Å². The van der Waals surface area contributed by atoms with E-state index in [0.29, 0.717) is 0 Å². The second kappa shape index (κ2) is 31.3. The molecule has 0 atom stereocenters. The molecule has 0 aliphatic carbocycles. The van der Waals surface area contributed by atoms with Gasteiger partial charge < -0.3 is 0 Å². The summed E-state index contributed by atoms with van der Waals surface area (Å²) in [6.45, 7) is 0. The van der Waals surface area contributed by atoms with Crippen LogP contribution in [-0.2, 0) is 61.2 Å². The zero-order valence-electron chi connectivity index (χ0n) is 1.10. The number of rotatable bonds is 0. The van der Waals surface area contributed by atoms with Gasteiger partial charge in [0, 0.05) is 61.2 Å². The van der Waals surface area contributed by atoms with Crippen molar-refractivity contribution in [1.82, 2.24) is 0 Å². The van der Waals surface area contributed by atoms with Gasteiger partial charge in [-0.25, -0.2) is 0 Å². The molecular formula is CH8AgCuGeTi. The van der Waals surface area contributed by atoms with E-state index in [-0.39, 0.29) is 86.2 Å². The van der Waals surface area contributed by atoms with E-state index in [1.54, 1.807) is 0 Å². The smallest absolute Gasteiger partial charge is 0 e. The molecular weight excluding hydrogens is 304 g/mol. The Kier molecular flexibility index (Phi) is 316. The van der Waals surface area contributed by atoms with E-state index in [1.165, 1.54) is 0 Å². The van der Waals surface area contributed by atoms with E-state index in [4.69, 9.17) is 0 Å². The van der Waals surface area contributed by atoms with Crippen molar-refractivity contribution in [2.24, 2.45) is 0 Å². The molecule has 0 rings (SSSR count).